The molecule has 0 saturated heterocycles. The number of allylic oxidation sites excluding steroid dienone is 1. The third-order valence-electron chi connectivity index (χ3n) is 1.62. The molecular weight excluding hydrogens is 191 g/mol. The minimum absolute atomic E-state index is 0.0903. The SMILES string of the molecule is C=C(C(=O)C(C)C)P(=O)(OC)OC. The first-order valence-corrected chi connectivity index (χ1v) is 5.38. The predicted molar refractivity (Wildman–Crippen MR) is 50.6 cm³/mol. The Labute approximate surface area is 78.5 Å². The molecule has 0 bridgehead atoms. The van der Waals surface area contributed by atoms with E-state index in [2.05, 4.69) is 15.6 Å². The van der Waals surface area contributed by atoms with Crippen molar-refractivity contribution in [3.05, 3.63) is 11.9 Å². The summed E-state index contributed by atoms with van der Waals surface area (Å²) in [6.07, 6.45) is 0. The van der Waals surface area contributed by atoms with E-state index in [4.69, 9.17) is 0 Å². The van der Waals surface area contributed by atoms with Crippen LogP contribution in [0.15, 0.2) is 11.9 Å². The minimum atomic E-state index is -3.43. The van der Waals surface area contributed by atoms with Gasteiger partial charge in [0, 0.05) is 20.1 Å². The first-order valence-electron chi connectivity index (χ1n) is 3.84. The van der Waals surface area contributed by atoms with Crippen molar-refractivity contribution in [2.75, 3.05) is 14.2 Å². The first-order chi connectivity index (χ1) is 5.89. The van der Waals surface area contributed by atoms with Crippen molar-refractivity contribution in [1.82, 2.24) is 0 Å². The van der Waals surface area contributed by atoms with E-state index in [9.17, 15) is 9.36 Å². The van der Waals surface area contributed by atoms with Crippen LogP contribution in [0.4, 0.5) is 0 Å². The van der Waals surface area contributed by atoms with Gasteiger partial charge in [0.15, 0.2) is 5.78 Å². The fourth-order valence-electron chi connectivity index (χ4n) is 0.763. The number of ketones is 1. The molecule has 0 heterocycles. The summed E-state index contributed by atoms with van der Waals surface area (Å²) in [7, 11) is -0.976. The largest absolute Gasteiger partial charge is 0.363 e. The molecule has 0 aliphatic heterocycles. The van der Waals surface area contributed by atoms with Gasteiger partial charge in [0.2, 0.25) is 0 Å². The van der Waals surface area contributed by atoms with E-state index in [0.717, 1.165) is 0 Å². The first kappa shape index (κ1) is 12.6. The van der Waals surface area contributed by atoms with Crippen LogP contribution in [0.2, 0.25) is 0 Å². The number of hydrogen-bond acceptors (Lipinski definition) is 4. The van der Waals surface area contributed by atoms with Crippen molar-refractivity contribution in [1.29, 1.82) is 0 Å². The van der Waals surface area contributed by atoms with Gasteiger partial charge in [-0.3, -0.25) is 9.36 Å². The number of carbonyl (C=O) groups is 1. The third kappa shape index (κ3) is 2.76. The standard InChI is InChI=1S/C8H15O4P/c1-6(2)8(9)7(3)13(10,11-4)12-5/h6H,3H2,1-2,4-5H3. The molecule has 0 spiro atoms. The number of hydrogen-bond donors (Lipinski definition) is 0. The number of rotatable bonds is 5. The van der Waals surface area contributed by atoms with Gasteiger partial charge in [-0.1, -0.05) is 20.4 Å². The van der Waals surface area contributed by atoms with E-state index >= 15 is 0 Å². The lowest BCUT2D eigenvalue weighted by Gasteiger charge is -2.16. The van der Waals surface area contributed by atoms with Gasteiger partial charge in [-0.15, -0.1) is 0 Å². The molecule has 76 valence electrons. The molecule has 0 aromatic carbocycles. The van der Waals surface area contributed by atoms with Crippen molar-refractivity contribution in [3.8, 4) is 0 Å². The summed E-state index contributed by atoms with van der Waals surface area (Å²) in [5.74, 6) is -0.557. The minimum Gasteiger partial charge on any atom is -0.308 e. The van der Waals surface area contributed by atoms with Crippen molar-refractivity contribution >= 4 is 13.4 Å². The molecule has 0 unspecified atom stereocenters. The molecule has 4 nitrogen and oxygen atoms in total. The highest BCUT2D eigenvalue weighted by Crippen LogP contribution is 2.54. The third-order valence-corrected chi connectivity index (χ3v) is 3.46. The zero-order valence-corrected chi connectivity index (χ0v) is 9.26. The van der Waals surface area contributed by atoms with Gasteiger partial charge in [0.1, 0.15) is 5.31 Å². The molecule has 0 atom stereocenters. The lowest BCUT2D eigenvalue weighted by molar-refractivity contribution is -0.117. The Balaban J connectivity index is 4.78. The quantitative estimate of drug-likeness (QED) is 0.511. The molecule has 5 heteroatoms. The van der Waals surface area contributed by atoms with Gasteiger partial charge in [-0.05, 0) is 0 Å². The fraction of sp³-hybridized carbons (Fsp3) is 0.625. The fourth-order valence-corrected chi connectivity index (χ4v) is 1.88. The molecule has 0 aromatic rings. The van der Waals surface area contributed by atoms with Gasteiger partial charge in [-0.2, -0.15) is 0 Å². The Bertz CT molecular complexity index is 249. The monoisotopic (exact) mass is 206 g/mol. The van der Waals surface area contributed by atoms with Gasteiger partial charge in [0.25, 0.3) is 0 Å². The highest BCUT2D eigenvalue weighted by atomic mass is 31.2. The van der Waals surface area contributed by atoms with E-state index in [0.29, 0.717) is 0 Å². The molecule has 0 N–H and O–H groups in total. The zero-order chi connectivity index (χ0) is 10.6. The van der Waals surface area contributed by atoms with Crippen LogP contribution >= 0.6 is 7.60 Å². The van der Waals surface area contributed by atoms with Crippen molar-refractivity contribution in [2.24, 2.45) is 5.92 Å². The molecular formula is C8H15O4P. The lowest BCUT2D eigenvalue weighted by atomic mass is 10.1. The van der Waals surface area contributed by atoms with E-state index < -0.39 is 7.60 Å². The Kier molecular flexibility index (Phi) is 4.54. The van der Waals surface area contributed by atoms with Crippen LogP contribution < -0.4 is 0 Å². The summed E-state index contributed by atoms with van der Waals surface area (Å²) >= 11 is 0. The maximum Gasteiger partial charge on any atom is 0.363 e. The molecule has 0 aromatic heterocycles. The second-order valence-electron chi connectivity index (χ2n) is 2.83. The van der Waals surface area contributed by atoms with Crippen LogP contribution in [0.5, 0.6) is 0 Å². The van der Waals surface area contributed by atoms with Crippen molar-refractivity contribution in [2.45, 2.75) is 13.8 Å². The van der Waals surface area contributed by atoms with E-state index in [1.165, 1.54) is 14.2 Å². The van der Waals surface area contributed by atoms with Gasteiger partial charge >= 0.3 is 7.60 Å². The number of Topliss-reactive ketones (excluding diaryl/α,β-unsaturated/α-hetero) is 1. The van der Waals surface area contributed by atoms with E-state index in [1.807, 2.05) is 0 Å². The smallest absolute Gasteiger partial charge is 0.308 e. The van der Waals surface area contributed by atoms with Crippen molar-refractivity contribution in [3.63, 3.8) is 0 Å². The molecule has 0 rings (SSSR count). The predicted octanol–water partition coefficient (Wildman–Crippen LogP) is 2.21. The maximum atomic E-state index is 11.6. The van der Waals surface area contributed by atoms with Gasteiger partial charge in [0.05, 0.1) is 0 Å². The summed E-state index contributed by atoms with van der Waals surface area (Å²) in [6.45, 7) is 6.82. The van der Waals surface area contributed by atoms with Crippen LogP contribution in [-0.2, 0) is 18.4 Å². The second-order valence-corrected chi connectivity index (χ2v) is 5.09. The van der Waals surface area contributed by atoms with Crippen LogP contribution in [-0.4, -0.2) is 20.0 Å². The average Bonchev–Trinajstić information content (AvgIpc) is 2.14. The summed E-state index contributed by atoms with van der Waals surface area (Å²) in [5, 5.41) is -0.0903. The molecule has 0 radical (unpaired) electrons. The van der Waals surface area contributed by atoms with Gasteiger partial charge < -0.3 is 9.05 Å². The van der Waals surface area contributed by atoms with Crippen LogP contribution in [0.3, 0.4) is 0 Å². The molecule has 0 amide bonds. The zero-order valence-electron chi connectivity index (χ0n) is 8.36. The molecule has 0 fully saturated rings. The summed E-state index contributed by atoms with van der Waals surface area (Å²) in [5.41, 5.74) is 0. The Morgan fingerprint density at radius 2 is 1.69 bits per heavy atom. The molecule has 0 aliphatic carbocycles. The molecule has 0 saturated carbocycles. The highest BCUT2D eigenvalue weighted by Gasteiger charge is 2.32. The topological polar surface area (TPSA) is 52.6 Å². The van der Waals surface area contributed by atoms with Crippen molar-refractivity contribution < 1.29 is 18.4 Å². The van der Waals surface area contributed by atoms with Crippen LogP contribution in [0.1, 0.15) is 13.8 Å². The number of carbonyl (C=O) groups excluding carboxylic acids is 1. The lowest BCUT2D eigenvalue weighted by Crippen LogP contribution is -2.11. The van der Waals surface area contributed by atoms with Crippen LogP contribution in [0.25, 0.3) is 0 Å². The highest BCUT2D eigenvalue weighted by molar-refractivity contribution is 7.59. The summed E-state index contributed by atoms with van der Waals surface area (Å²) < 4.78 is 20.9. The van der Waals surface area contributed by atoms with E-state index in [1.54, 1.807) is 13.8 Å². The molecule has 13 heavy (non-hydrogen) atoms. The Hall–Kier alpha value is -0.440. The summed E-state index contributed by atoms with van der Waals surface area (Å²) in [4.78, 5) is 11.4. The second kappa shape index (κ2) is 4.70. The van der Waals surface area contributed by atoms with Crippen LogP contribution in [0, 0.1) is 5.92 Å². The Morgan fingerprint density at radius 1 is 1.31 bits per heavy atom. The van der Waals surface area contributed by atoms with Gasteiger partial charge in [-0.25, -0.2) is 0 Å². The maximum absolute atomic E-state index is 11.6. The van der Waals surface area contributed by atoms with E-state index in [-0.39, 0.29) is 17.0 Å². The molecule has 0 aliphatic rings. The summed E-state index contributed by atoms with van der Waals surface area (Å²) in [6, 6.07) is 0. The normalized spacial score (nSPS) is 11.8. The Morgan fingerprint density at radius 3 is 1.92 bits per heavy atom. The average molecular weight is 206 g/mol.